The Hall–Kier alpha value is -1.73. The molecule has 2 aliphatic heterocycles. The van der Waals surface area contributed by atoms with E-state index in [0.717, 1.165) is 31.4 Å². The van der Waals surface area contributed by atoms with Crippen molar-refractivity contribution in [1.82, 2.24) is 5.06 Å². The highest BCUT2D eigenvalue weighted by molar-refractivity contribution is 7.91. The van der Waals surface area contributed by atoms with Crippen molar-refractivity contribution in [2.75, 3.05) is 18.9 Å². The Labute approximate surface area is 173 Å². The third-order valence-corrected chi connectivity index (χ3v) is 7.75. The van der Waals surface area contributed by atoms with Crippen molar-refractivity contribution >= 4 is 9.84 Å². The molecule has 0 aromatic heterocycles. The molecule has 2 bridgehead atoms. The fourth-order valence-electron chi connectivity index (χ4n) is 4.48. The first-order chi connectivity index (χ1) is 14.1. The molecule has 4 atom stereocenters. The maximum Gasteiger partial charge on any atom is 0.178 e. The van der Waals surface area contributed by atoms with Crippen molar-refractivity contribution in [2.24, 2.45) is 5.92 Å². The maximum atomic E-state index is 12.5. The van der Waals surface area contributed by atoms with Crippen LogP contribution in [0.1, 0.15) is 31.2 Å². The van der Waals surface area contributed by atoms with Crippen LogP contribution in [0.15, 0.2) is 65.6 Å². The first-order valence-corrected chi connectivity index (χ1v) is 12.1. The molecular weight excluding hydrogens is 386 g/mol. The number of ether oxygens (including phenoxy) is 1. The molecule has 2 aromatic carbocycles. The third-order valence-electron chi connectivity index (χ3n) is 5.94. The molecule has 0 aliphatic carbocycles. The third kappa shape index (κ3) is 5.07. The highest BCUT2D eigenvalue weighted by Gasteiger charge is 2.45. The SMILES string of the molecule is O=S(=O)(CCC[C@@H]1[C@H]2CCCN1O[C@H]2COCc1ccccc1)c1ccccc1. The summed E-state index contributed by atoms with van der Waals surface area (Å²) >= 11 is 0. The lowest BCUT2D eigenvalue weighted by atomic mass is 9.85. The Morgan fingerprint density at radius 3 is 2.52 bits per heavy atom. The molecule has 0 radical (unpaired) electrons. The molecule has 29 heavy (non-hydrogen) atoms. The van der Waals surface area contributed by atoms with Crippen molar-refractivity contribution in [3.05, 3.63) is 66.2 Å². The number of hydrogen-bond donors (Lipinski definition) is 0. The van der Waals surface area contributed by atoms with E-state index in [4.69, 9.17) is 9.57 Å². The highest BCUT2D eigenvalue weighted by Crippen LogP contribution is 2.38. The summed E-state index contributed by atoms with van der Waals surface area (Å²) in [5.74, 6) is 0.599. The molecule has 0 amide bonds. The van der Waals surface area contributed by atoms with E-state index in [1.54, 1.807) is 24.3 Å². The Morgan fingerprint density at radius 2 is 1.76 bits per heavy atom. The van der Waals surface area contributed by atoms with E-state index in [-0.39, 0.29) is 11.9 Å². The Bertz CT molecular complexity index is 872. The van der Waals surface area contributed by atoms with Crippen molar-refractivity contribution in [3.8, 4) is 0 Å². The molecule has 2 heterocycles. The summed E-state index contributed by atoms with van der Waals surface area (Å²) in [6.07, 6.45) is 3.80. The molecule has 0 N–H and O–H groups in total. The van der Waals surface area contributed by atoms with Gasteiger partial charge in [0.1, 0.15) is 6.10 Å². The minimum absolute atomic E-state index is 0.0666. The molecule has 0 spiro atoms. The first kappa shape index (κ1) is 20.5. The average Bonchev–Trinajstić information content (AvgIpc) is 2.92. The number of sulfone groups is 1. The monoisotopic (exact) mass is 415 g/mol. The predicted molar refractivity (Wildman–Crippen MR) is 112 cm³/mol. The number of benzene rings is 2. The normalized spacial score (nSPS) is 26.5. The summed E-state index contributed by atoms with van der Waals surface area (Å²) in [6, 6.07) is 19.2. The summed E-state index contributed by atoms with van der Waals surface area (Å²) in [5.41, 5.74) is 1.16. The molecule has 2 aliphatic rings. The molecule has 2 saturated heterocycles. The molecule has 1 unspecified atom stereocenters. The van der Waals surface area contributed by atoms with Crippen LogP contribution in [0.4, 0.5) is 0 Å². The van der Waals surface area contributed by atoms with Crippen LogP contribution in [0.5, 0.6) is 0 Å². The van der Waals surface area contributed by atoms with Crippen LogP contribution in [-0.4, -0.2) is 44.5 Å². The summed E-state index contributed by atoms with van der Waals surface area (Å²) in [6.45, 7) is 2.09. The van der Waals surface area contributed by atoms with E-state index in [1.165, 1.54) is 0 Å². The lowest BCUT2D eigenvalue weighted by Gasteiger charge is -2.30. The van der Waals surface area contributed by atoms with E-state index >= 15 is 0 Å². The maximum absolute atomic E-state index is 12.5. The molecule has 6 heteroatoms. The summed E-state index contributed by atoms with van der Waals surface area (Å²) in [5, 5.41) is 2.08. The number of piperidine rings is 1. The summed E-state index contributed by atoms with van der Waals surface area (Å²) in [4.78, 5) is 6.57. The van der Waals surface area contributed by atoms with E-state index in [2.05, 4.69) is 17.2 Å². The van der Waals surface area contributed by atoms with E-state index in [0.29, 0.717) is 36.5 Å². The number of fused-ring (bicyclic) bond motifs is 2. The minimum Gasteiger partial charge on any atom is -0.374 e. The van der Waals surface area contributed by atoms with Crippen LogP contribution < -0.4 is 0 Å². The van der Waals surface area contributed by atoms with Crippen molar-refractivity contribution < 1.29 is 18.0 Å². The molecule has 0 saturated carbocycles. The van der Waals surface area contributed by atoms with Crippen molar-refractivity contribution in [2.45, 2.75) is 49.3 Å². The fourth-order valence-corrected chi connectivity index (χ4v) is 5.83. The first-order valence-electron chi connectivity index (χ1n) is 10.5. The zero-order valence-electron chi connectivity index (χ0n) is 16.7. The van der Waals surface area contributed by atoms with E-state index in [9.17, 15) is 8.42 Å². The smallest absolute Gasteiger partial charge is 0.178 e. The number of hydroxylamine groups is 2. The quantitative estimate of drug-likeness (QED) is 0.623. The van der Waals surface area contributed by atoms with E-state index < -0.39 is 9.84 Å². The standard InChI is InChI=1S/C23H29NO4S/c25-29(26,20-11-5-2-6-12-20)16-8-14-22-21-13-7-15-24(22)28-23(21)18-27-17-19-9-3-1-4-10-19/h1-6,9-12,21-23H,7-8,13-18H2/t21-,22-,23+/m1/s1. The molecular formula is C23H29NO4S. The van der Waals surface area contributed by atoms with Gasteiger partial charge in [0.2, 0.25) is 0 Å². The van der Waals surface area contributed by atoms with Gasteiger partial charge in [0.25, 0.3) is 0 Å². The largest absolute Gasteiger partial charge is 0.374 e. The van der Waals surface area contributed by atoms with Gasteiger partial charge in [-0.05, 0) is 43.4 Å². The van der Waals surface area contributed by atoms with Crippen LogP contribution in [-0.2, 0) is 26.0 Å². The van der Waals surface area contributed by atoms with Gasteiger partial charge in [-0.1, -0.05) is 48.5 Å². The second kappa shape index (κ2) is 9.39. The Kier molecular flexibility index (Phi) is 6.65. The molecule has 156 valence electrons. The van der Waals surface area contributed by atoms with Crippen LogP contribution in [0.2, 0.25) is 0 Å². The van der Waals surface area contributed by atoms with Crippen molar-refractivity contribution in [3.63, 3.8) is 0 Å². The molecule has 2 aromatic rings. The summed E-state index contributed by atoms with van der Waals surface area (Å²) < 4.78 is 31.0. The number of rotatable bonds is 9. The minimum atomic E-state index is -3.22. The highest BCUT2D eigenvalue weighted by atomic mass is 32.2. The second-order valence-corrected chi connectivity index (χ2v) is 10.0. The Balaban J connectivity index is 1.28. The Morgan fingerprint density at radius 1 is 1.03 bits per heavy atom. The zero-order chi connectivity index (χ0) is 20.1. The van der Waals surface area contributed by atoms with Crippen LogP contribution in [0.3, 0.4) is 0 Å². The summed E-state index contributed by atoms with van der Waals surface area (Å²) in [7, 11) is -3.22. The zero-order valence-corrected chi connectivity index (χ0v) is 17.5. The molecule has 4 rings (SSSR count). The van der Waals surface area contributed by atoms with Gasteiger partial charge in [-0.15, -0.1) is 0 Å². The van der Waals surface area contributed by atoms with Gasteiger partial charge in [-0.2, -0.15) is 5.06 Å². The number of hydrogen-bond acceptors (Lipinski definition) is 5. The van der Waals surface area contributed by atoms with Crippen LogP contribution in [0, 0.1) is 5.92 Å². The van der Waals surface area contributed by atoms with Gasteiger partial charge in [0.15, 0.2) is 9.84 Å². The van der Waals surface area contributed by atoms with Gasteiger partial charge < -0.3 is 4.74 Å². The average molecular weight is 416 g/mol. The predicted octanol–water partition coefficient (Wildman–Crippen LogP) is 3.85. The van der Waals surface area contributed by atoms with Gasteiger partial charge in [0, 0.05) is 18.5 Å². The number of nitrogens with zero attached hydrogens (tertiary/aromatic N) is 1. The lowest BCUT2D eigenvalue weighted by molar-refractivity contribution is -0.174. The van der Waals surface area contributed by atoms with Gasteiger partial charge in [-0.3, -0.25) is 4.84 Å². The van der Waals surface area contributed by atoms with Crippen LogP contribution >= 0.6 is 0 Å². The van der Waals surface area contributed by atoms with Crippen molar-refractivity contribution in [1.29, 1.82) is 0 Å². The van der Waals surface area contributed by atoms with Gasteiger partial charge in [0.05, 0.1) is 23.9 Å². The molecule has 5 nitrogen and oxygen atoms in total. The van der Waals surface area contributed by atoms with Gasteiger partial charge >= 0.3 is 0 Å². The lowest BCUT2D eigenvalue weighted by Crippen LogP contribution is -2.38. The van der Waals surface area contributed by atoms with Gasteiger partial charge in [-0.25, -0.2) is 8.42 Å². The van der Waals surface area contributed by atoms with Crippen LogP contribution in [0.25, 0.3) is 0 Å². The molecule has 2 fully saturated rings. The fraction of sp³-hybridized carbons (Fsp3) is 0.478. The van der Waals surface area contributed by atoms with E-state index in [1.807, 2.05) is 24.3 Å². The second-order valence-electron chi connectivity index (χ2n) is 7.93. The topological polar surface area (TPSA) is 55.8 Å².